The van der Waals surface area contributed by atoms with Gasteiger partial charge in [-0.1, -0.05) is 104 Å². The summed E-state index contributed by atoms with van der Waals surface area (Å²) >= 11 is 0. The van der Waals surface area contributed by atoms with Gasteiger partial charge in [0.15, 0.2) is 0 Å². The largest absolute Gasteiger partial charge is 0.456 e. The average Bonchev–Trinajstić information content (AvgIpc) is 3.39. The third-order valence-corrected chi connectivity index (χ3v) is 7.04. The standard InChI is InChI=1S/C32H31NO.C2H6/c1-31(2,3)24-14-11-17-28-29(24)23-18-20(19-25(30(23)34-28)32(4,5)6)33-26-15-9-7-12-21(26)22-13-8-10-16-27(22)33;1-2/h7-19H,1-6H3;1-2H3. The van der Waals surface area contributed by atoms with E-state index in [1.165, 1.54) is 49.4 Å². The number of para-hydroxylation sites is 2. The van der Waals surface area contributed by atoms with E-state index in [9.17, 15) is 0 Å². The number of hydrogen-bond acceptors (Lipinski definition) is 1. The molecule has 2 heteroatoms. The fourth-order valence-electron chi connectivity index (χ4n) is 5.43. The van der Waals surface area contributed by atoms with E-state index in [0.717, 1.165) is 11.2 Å². The fraction of sp³-hybridized carbons (Fsp3) is 0.294. The first-order valence-electron chi connectivity index (χ1n) is 13.1. The zero-order valence-electron chi connectivity index (χ0n) is 22.9. The van der Waals surface area contributed by atoms with Gasteiger partial charge >= 0.3 is 0 Å². The summed E-state index contributed by atoms with van der Waals surface area (Å²) in [6.07, 6.45) is 0. The lowest BCUT2D eigenvalue weighted by atomic mass is 9.82. The van der Waals surface area contributed by atoms with E-state index in [0.29, 0.717) is 0 Å². The molecule has 0 aliphatic carbocycles. The molecule has 2 aromatic heterocycles. The van der Waals surface area contributed by atoms with E-state index in [1.807, 2.05) is 13.8 Å². The average molecular weight is 476 g/mol. The van der Waals surface area contributed by atoms with Crippen molar-refractivity contribution in [3.8, 4) is 5.69 Å². The molecule has 184 valence electrons. The van der Waals surface area contributed by atoms with Gasteiger partial charge in [0.05, 0.1) is 11.0 Å². The molecule has 6 rings (SSSR count). The van der Waals surface area contributed by atoms with E-state index in [1.54, 1.807) is 0 Å². The Kier molecular flexibility index (Phi) is 5.75. The van der Waals surface area contributed by atoms with Gasteiger partial charge in [0, 0.05) is 32.8 Å². The quantitative estimate of drug-likeness (QED) is 0.231. The molecule has 0 radical (unpaired) electrons. The van der Waals surface area contributed by atoms with Crippen LogP contribution in [0.5, 0.6) is 0 Å². The predicted molar refractivity (Wildman–Crippen MR) is 157 cm³/mol. The van der Waals surface area contributed by atoms with Gasteiger partial charge in [-0.25, -0.2) is 0 Å². The molecule has 0 aliphatic rings. The van der Waals surface area contributed by atoms with Crippen molar-refractivity contribution in [1.82, 2.24) is 4.57 Å². The molecule has 0 saturated carbocycles. The van der Waals surface area contributed by atoms with Crippen molar-refractivity contribution >= 4 is 43.7 Å². The highest BCUT2D eigenvalue weighted by Crippen LogP contribution is 2.43. The lowest BCUT2D eigenvalue weighted by molar-refractivity contribution is 0.571. The molecular weight excluding hydrogens is 438 g/mol. The van der Waals surface area contributed by atoms with Crippen molar-refractivity contribution in [1.29, 1.82) is 0 Å². The van der Waals surface area contributed by atoms with Crippen LogP contribution < -0.4 is 0 Å². The van der Waals surface area contributed by atoms with Gasteiger partial charge in [0.1, 0.15) is 11.2 Å². The third kappa shape index (κ3) is 3.71. The van der Waals surface area contributed by atoms with Crippen molar-refractivity contribution < 1.29 is 4.42 Å². The second-order valence-electron chi connectivity index (χ2n) is 11.5. The summed E-state index contributed by atoms with van der Waals surface area (Å²) in [5.74, 6) is 0. The van der Waals surface area contributed by atoms with Crippen LogP contribution in [-0.2, 0) is 10.8 Å². The molecule has 0 aliphatic heterocycles. The van der Waals surface area contributed by atoms with Gasteiger partial charge in [0.2, 0.25) is 0 Å². The van der Waals surface area contributed by atoms with Crippen LogP contribution in [0, 0.1) is 0 Å². The first-order valence-corrected chi connectivity index (χ1v) is 13.1. The molecule has 4 aromatic carbocycles. The van der Waals surface area contributed by atoms with Crippen LogP contribution in [0.3, 0.4) is 0 Å². The Balaban J connectivity index is 0.00000130. The lowest BCUT2D eigenvalue weighted by Crippen LogP contribution is -2.13. The number of benzene rings is 4. The monoisotopic (exact) mass is 475 g/mol. The SMILES string of the molecule is CC.CC(C)(C)c1cc(-n2c3ccccc3c3ccccc32)cc2c1oc1cccc(C(C)(C)C)c12. The number of hydrogen-bond donors (Lipinski definition) is 0. The van der Waals surface area contributed by atoms with Crippen molar-refractivity contribution in [3.05, 3.63) is 90.0 Å². The van der Waals surface area contributed by atoms with Crippen molar-refractivity contribution in [2.45, 2.75) is 66.2 Å². The van der Waals surface area contributed by atoms with Gasteiger partial charge in [-0.2, -0.15) is 0 Å². The summed E-state index contributed by atoms with van der Waals surface area (Å²) in [7, 11) is 0. The Bertz CT molecular complexity index is 1660. The van der Waals surface area contributed by atoms with Crippen LogP contribution in [0.25, 0.3) is 49.4 Å². The summed E-state index contributed by atoms with van der Waals surface area (Å²) in [4.78, 5) is 0. The van der Waals surface area contributed by atoms with Gasteiger partial charge in [-0.05, 0) is 46.7 Å². The summed E-state index contributed by atoms with van der Waals surface area (Å²) in [5, 5.41) is 4.99. The van der Waals surface area contributed by atoms with Crippen molar-refractivity contribution in [3.63, 3.8) is 0 Å². The summed E-state index contributed by atoms with van der Waals surface area (Å²) in [6.45, 7) is 17.7. The van der Waals surface area contributed by atoms with Gasteiger partial charge in [0.25, 0.3) is 0 Å². The third-order valence-electron chi connectivity index (χ3n) is 7.04. The van der Waals surface area contributed by atoms with E-state index in [4.69, 9.17) is 4.42 Å². The fourth-order valence-corrected chi connectivity index (χ4v) is 5.43. The second kappa shape index (κ2) is 8.55. The number of nitrogens with zero attached hydrogens (tertiary/aromatic N) is 1. The number of furan rings is 1. The Morgan fingerprint density at radius 2 is 1.14 bits per heavy atom. The number of rotatable bonds is 1. The molecule has 2 nitrogen and oxygen atoms in total. The van der Waals surface area contributed by atoms with Gasteiger partial charge in [-0.15, -0.1) is 0 Å². The zero-order valence-corrected chi connectivity index (χ0v) is 22.9. The Morgan fingerprint density at radius 1 is 0.583 bits per heavy atom. The number of aromatic nitrogens is 1. The smallest absolute Gasteiger partial charge is 0.139 e. The van der Waals surface area contributed by atoms with Crippen LogP contribution in [0.4, 0.5) is 0 Å². The van der Waals surface area contributed by atoms with Gasteiger partial charge in [-0.3, -0.25) is 0 Å². The molecule has 6 aromatic rings. The second-order valence-corrected chi connectivity index (χ2v) is 11.5. The van der Waals surface area contributed by atoms with Crippen LogP contribution in [-0.4, -0.2) is 4.57 Å². The minimum Gasteiger partial charge on any atom is -0.456 e. The normalized spacial score (nSPS) is 12.4. The Morgan fingerprint density at radius 3 is 1.69 bits per heavy atom. The predicted octanol–water partition coefficient (Wildman–Crippen LogP) is 10.3. The molecule has 0 amide bonds. The highest BCUT2D eigenvalue weighted by atomic mass is 16.3. The maximum Gasteiger partial charge on any atom is 0.139 e. The van der Waals surface area contributed by atoms with E-state index in [2.05, 4.69) is 125 Å². The van der Waals surface area contributed by atoms with Crippen LogP contribution in [0.1, 0.15) is 66.5 Å². The summed E-state index contributed by atoms with van der Waals surface area (Å²) in [6, 6.07) is 28.6. The Labute approximate surface area is 214 Å². The van der Waals surface area contributed by atoms with E-state index >= 15 is 0 Å². The van der Waals surface area contributed by atoms with Crippen LogP contribution in [0.2, 0.25) is 0 Å². The maximum atomic E-state index is 6.58. The van der Waals surface area contributed by atoms with E-state index < -0.39 is 0 Å². The first kappa shape index (κ1) is 24.2. The molecule has 36 heavy (non-hydrogen) atoms. The van der Waals surface area contributed by atoms with Crippen LogP contribution in [0.15, 0.2) is 83.3 Å². The molecule has 0 saturated heterocycles. The van der Waals surface area contributed by atoms with Crippen LogP contribution >= 0.6 is 0 Å². The first-order chi connectivity index (χ1) is 17.1. The molecule has 0 bridgehead atoms. The molecule has 0 N–H and O–H groups in total. The summed E-state index contributed by atoms with van der Waals surface area (Å²) in [5.41, 5.74) is 8.11. The zero-order chi connectivity index (χ0) is 25.8. The maximum absolute atomic E-state index is 6.58. The van der Waals surface area contributed by atoms with Gasteiger partial charge < -0.3 is 8.98 Å². The molecule has 2 heterocycles. The van der Waals surface area contributed by atoms with Crippen molar-refractivity contribution in [2.75, 3.05) is 0 Å². The molecular formula is C34H37NO. The molecule has 0 spiro atoms. The minimum absolute atomic E-state index is 0.0149. The van der Waals surface area contributed by atoms with E-state index in [-0.39, 0.29) is 10.8 Å². The lowest BCUT2D eigenvalue weighted by Gasteiger charge is -2.22. The summed E-state index contributed by atoms with van der Waals surface area (Å²) < 4.78 is 9.00. The topological polar surface area (TPSA) is 18.1 Å². The minimum atomic E-state index is -0.0667. The highest BCUT2D eigenvalue weighted by Gasteiger charge is 2.26. The molecule has 0 unspecified atom stereocenters. The molecule has 0 atom stereocenters. The highest BCUT2D eigenvalue weighted by molar-refractivity contribution is 6.11. The van der Waals surface area contributed by atoms with Crippen molar-refractivity contribution in [2.24, 2.45) is 0 Å². The Hall–Kier alpha value is -3.52. The molecule has 0 fully saturated rings. The number of fused-ring (bicyclic) bond motifs is 6.